The Bertz CT molecular complexity index is 1410. The summed E-state index contributed by atoms with van der Waals surface area (Å²) in [6.07, 6.45) is 0.617. The molecular weight excluding hydrogens is 486 g/mol. The molecule has 1 aliphatic heterocycles. The third-order valence-electron chi connectivity index (χ3n) is 6.20. The standard InChI is InChI=1S/C30H27NO7/c1-4-5-16-37-29(35)21-10-13-23(14-11-21)31-27(33)24-15-12-22(17-25(24)28(31)34)30(36)38-19(3)26(32)20-8-6-18(2)7-9-20/h6-15,17,19H,4-5,16H2,1-3H3/t19-/m0/s1. The van der Waals surface area contributed by atoms with E-state index < -0.39 is 29.9 Å². The van der Waals surface area contributed by atoms with Crippen LogP contribution in [0.2, 0.25) is 0 Å². The van der Waals surface area contributed by atoms with Crippen LogP contribution in [0.3, 0.4) is 0 Å². The maximum absolute atomic E-state index is 13.1. The average molecular weight is 514 g/mol. The summed E-state index contributed by atoms with van der Waals surface area (Å²) < 4.78 is 10.5. The molecule has 0 unspecified atom stereocenters. The van der Waals surface area contributed by atoms with E-state index in [4.69, 9.17) is 9.47 Å². The van der Waals surface area contributed by atoms with Crippen molar-refractivity contribution in [2.24, 2.45) is 0 Å². The molecule has 38 heavy (non-hydrogen) atoms. The molecule has 0 aliphatic carbocycles. The molecule has 1 atom stereocenters. The van der Waals surface area contributed by atoms with Crippen LogP contribution >= 0.6 is 0 Å². The lowest BCUT2D eigenvalue weighted by Crippen LogP contribution is -2.29. The molecule has 3 aromatic carbocycles. The van der Waals surface area contributed by atoms with Crippen LogP contribution < -0.4 is 4.90 Å². The maximum atomic E-state index is 13.1. The molecule has 0 radical (unpaired) electrons. The molecule has 8 heteroatoms. The zero-order valence-electron chi connectivity index (χ0n) is 21.4. The summed E-state index contributed by atoms with van der Waals surface area (Å²) in [6, 6.07) is 16.9. The highest BCUT2D eigenvalue weighted by Crippen LogP contribution is 2.30. The molecule has 1 heterocycles. The number of anilines is 1. The summed E-state index contributed by atoms with van der Waals surface area (Å²) in [4.78, 5) is 64.6. The number of imide groups is 1. The van der Waals surface area contributed by atoms with Crippen LogP contribution in [0.15, 0.2) is 66.7 Å². The molecule has 0 bridgehead atoms. The lowest BCUT2D eigenvalue weighted by Gasteiger charge is -2.14. The molecule has 2 amide bonds. The quantitative estimate of drug-likeness (QED) is 0.168. The van der Waals surface area contributed by atoms with E-state index >= 15 is 0 Å². The third-order valence-corrected chi connectivity index (χ3v) is 6.20. The summed E-state index contributed by atoms with van der Waals surface area (Å²) in [5.41, 5.74) is 2.23. The van der Waals surface area contributed by atoms with Gasteiger partial charge in [0.25, 0.3) is 11.8 Å². The molecule has 3 aromatic rings. The van der Waals surface area contributed by atoms with Gasteiger partial charge >= 0.3 is 11.9 Å². The van der Waals surface area contributed by atoms with Crippen molar-refractivity contribution < 1.29 is 33.4 Å². The molecule has 194 valence electrons. The summed E-state index contributed by atoms with van der Waals surface area (Å²) in [5.74, 6) is -2.78. The lowest BCUT2D eigenvalue weighted by atomic mass is 10.0. The van der Waals surface area contributed by atoms with E-state index in [9.17, 15) is 24.0 Å². The van der Waals surface area contributed by atoms with Gasteiger partial charge in [-0.25, -0.2) is 14.5 Å². The van der Waals surface area contributed by atoms with Crippen molar-refractivity contribution in [1.82, 2.24) is 0 Å². The molecule has 0 spiro atoms. The predicted octanol–water partition coefficient (Wildman–Crippen LogP) is 5.18. The fraction of sp³-hybridized carbons (Fsp3) is 0.233. The van der Waals surface area contributed by atoms with Gasteiger partial charge in [0.1, 0.15) is 0 Å². The van der Waals surface area contributed by atoms with Crippen LogP contribution in [0, 0.1) is 6.92 Å². The molecule has 1 aliphatic rings. The largest absolute Gasteiger partial charge is 0.462 e. The molecule has 4 rings (SSSR count). The van der Waals surface area contributed by atoms with E-state index in [2.05, 4.69) is 0 Å². The van der Waals surface area contributed by atoms with Gasteiger partial charge in [-0.2, -0.15) is 0 Å². The van der Waals surface area contributed by atoms with Crippen molar-refractivity contribution in [3.8, 4) is 0 Å². The lowest BCUT2D eigenvalue weighted by molar-refractivity contribution is 0.0318. The van der Waals surface area contributed by atoms with Crippen molar-refractivity contribution in [3.05, 3.63) is 100 Å². The normalized spacial score (nSPS) is 13.2. The highest BCUT2D eigenvalue weighted by molar-refractivity contribution is 6.34. The van der Waals surface area contributed by atoms with Crippen LogP contribution in [0.25, 0.3) is 0 Å². The molecule has 8 nitrogen and oxygen atoms in total. The second kappa shape index (κ2) is 11.2. The number of hydrogen-bond acceptors (Lipinski definition) is 7. The van der Waals surface area contributed by atoms with Gasteiger partial charge in [0.2, 0.25) is 5.78 Å². The zero-order chi connectivity index (χ0) is 27.4. The number of ketones is 1. The highest BCUT2D eigenvalue weighted by atomic mass is 16.5. The number of fused-ring (bicyclic) bond motifs is 1. The second-order valence-corrected chi connectivity index (χ2v) is 9.02. The number of aryl methyl sites for hydroxylation is 1. The number of Topliss-reactive ketones (excluding diaryl/α,β-unsaturated/α-hetero) is 1. The number of hydrogen-bond donors (Lipinski definition) is 0. The number of benzene rings is 3. The topological polar surface area (TPSA) is 107 Å². The Morgan fingerprint density at radius 3 is 2.05 bits per heavy atom. The minimum atomic E-state index is -1.04. The summed E-state index contributed by atoms with van der Waals surface area (Å²) in [5, 5.41) is 0. The van der Waals surface area contributed by atoms with Crippen molar-refractivity contribution in [2.45, 2.75) is 39.7 Å². The number of nitrogens with zero attached hydrogens (tertiary/aromatic N) is 1. The Kier molecular flexibility index (Phi) is 7.81. The van der Waals surface area contributed by atoms with Crippen molar-refractivity contribution in [3.63, 3.8) is 0 Å². The zero-order valence-corrected chi connectivity index (χ0v) is 21.4. The monoisotopic (exact) mass is 513 g/mol. The Labute approximate surface area is 220 Å². The number of ether oxygens (including phenoxy) is 2. The molecule has 0 N–H and O–H groups in total. The first kappa shape index (κ1) is 26.5. The summed E-state index contributed by atoms with van der Waals surface area (Å²) in [7, 11) is 0. The van der Waals surface area contributed by atoms with Gasteiger partial charge in [-0.3, -0.25) is 14.4 Å². The fourth-order valence-corrected chi connectivity index (χ4v) is 3.98. The van der Waals surface area contributed by atoms with Crippen molar-refractivity contribution in [2.75, 3.05) is 11.5 Å². The Hall–Kier alpha value is -4.59. The minimum Gasteiger partial charge on any atom is -0.462 e. The number of unbranched alkanes of at least 4 members (excludes halogenated alkanes) is 1. The van der Waals surface area contributed by atoms with Gasteiger partial charge < -0.3 is 9.47 Å². The van der Waals surface area contributed by atoms with Gasteiger partial charge in [0.05, 0.1) is 34.5 Å². The number of esters is 2. The van der Waals surface area contributed by atoms with E-state index in [1.807, 2.05) is 13.8 Å². The smallest absolute Gasteiger partial charge is 0.338 e. The van der Waals surface area contributed by atoms with E-state index in [0.29, 0.717) is 17.7 Å². The van der Waals surface area contributed by atoms with Gasteiger partial charge in [-0.15, -0.1) is 0 Å². The minimum absolute atomic E-state index is 0.0421. The predicted molar refractivity (Wildman–Crippen MR) is 140 cm³/mol. The summed E-state index contributed by atoms with van der Waals surface area (Å²) in [6.45, 7) is 5.69. The van der Waals surface area contributed by atoms with E-state index in [1.54, 1.807) is 24.3 Å². The van der Waals surface area contributed by atoms with Gasteiger partial charge in [0, 0.05) is 5.56 Å². The number of rotatable bonds is 9. The molecule has 0 aromatic heterocycles. The van der Waals surface area contributed by atoms with Gasteiger partial charge in [-0.1, -0.05) is 43.2 Å². The van der Waals surface area contributed by atoms with Gasteiger partial charge in [-0.05, 0) is 62.7 Å². The summed E-state index contributed by atoms with van der Waals surface area (Å²) >= 11 is 0. The van der Waals surface area contributed by atoms with Gasteiger partial charge in [0.15, 0.2) is 6.10 Å². The Morgan fingerprint density at radius 2 is 1.39 bits per heavy atom. The SMILES string of the molecule is CCCCOC(=O)c1ccc(N2C(=O)c3ccc(C(=O)O[C@@H](C)C(=O)c4ccc(C)cc4)cc3C2=O)cc1. The first-order chi connectivity index (χ1) is 18.2. The van der Waals surface area contributed by atoms with Crippen LogP contribution in [0.5, 0.6) is 0 Å². The highest BCUT2D eigenvalue weighted by Gasteiger charge is 2.37. The molecular formula is C30H27NO7. The Morgan fingerprint density at radius 1 is 0.789 bits per heavy atom. The molecule has 0 saturated carbocycles. The van der Waals surface area contributed by atoms with Crippen LogP contribution in [0.4, 0.5) is 5.69 Å². The fourth-order valence-electron chi connectivity index (χ4n) is 3.98. The molecule has 0 saturated heterocycles. The van der Waals surface area contributed by atoms with E-state index in [-0.39, 0.29) is 28.2 Å². The Balaban J connectivity index is 1.47. The average Bonchev–Trinajstić information content (AvgIpc) is 3.17. The second-order valence-electron chi connectivity index (χ2n) is 9.02. The third kappa shape index (κ3) is 5.39. The van der Waals surface area contributed by atoms with Crippen LogP contribution in [0.1, 0.15) is 84.0 Å². The number of carbonyl (C=O) groups is 5. The number of carbonyl (C=O) groups excluding carboxylic acids is 5. The first-order valence-corrected chi connectivity index (χ1v) is 12.3. The van der Waals surface area contributed by atoms with Crippen molar-refractivity contribution >= 4 is 35.2 Å². The first-order valence-electron chi connectivity index (χ1n) is 12.3. The van der Waals surface area contributed by atoms with Crippen LogP contribution in [-0.4, -0.2) is 42.2 Å². The van der Waals surface area contributed by atoms with Crippen LogP contribution in [-0.2, 0) is 9.47 Å². The molecule has 0 fully saturated rings. The maximum Gasteiger partial charge on any atom is 0.338 e. The number of amides is 2. The van der Waals surface area contributed by atoms with E-state index in [0.717, 1.165) is 23.3 Å². The van der Waals surface area contributed by atoms with Crippen molar-refractivity contribution in [1.29, 1.82) is 0 Å². The van der Waals surface area contributed by atoms with E-state index in [1.165, 1.54) is 49.4 Å².